The Morgan fingerprint density at radius 1 is 1.31 bits per heavy atom. The van der Waals surface area contributed by atoms with E-state index in [1.54, 1.807) is 18.2 Å². The van der Waals surface area contributed by atoms with Crippen LogP contribution in [0.25, 0.3) is 0 Å². The number of ether oxygens (including phenoxy) is 2. The van der Waals surface area contributed by atoms with Gasteiger partial charge >= 0.3 is 5.97 Å². The number of carbonyl (C=O) groups excluding carboxylic acids is 1. The second kappa shape index (κ2) is 4.50. The summed E-state index contributed by atoms with van der Waals surface area (Å²) in [6.07, 6.45) is 0. The van der Waals surface area contributed by atoms with Crippen LogP contribution in [0.1, 0.15) is 13.8 Å². The lowest BCUT2D eigenvalue weighted by atomic mass is 10.3. The number of hydrogen-bond donors (Lipinski definition) is 0. The van der Waals surface area contributed by atoms with Gasteiger partial charge in [-0.05, 0) is 19.1 Å². The van der Waals surface area contributed by atoms with Gasteiger partial charge < -0.3 is 9.47 Å². The molecule has 3 nitrogen and oxygen atoms in total. The number of benzene rings is 1. The zero-order chi connectivity index (χ0) is 9.68. The van der Waals surface area contributed by atoms with Gasteiger partial charge in [-0.25, -0.2) is 0 Å². The molecule has 13 heavy (non-hydrogen) atoms. The molecule has 1 rings (SSSR count). The maximum Gasteiger partial charge on any atom is 0.308 e. The fraction of sp³-hybridized carbons (Fsp3) is 0.300. The second-order valence-corrected chi connectivity index (χ2v) is 2.47. The minimum absolute atomic E-state index is 0.341. The molecule has 0 aliphatic carbocycles. The first-order valence-corrected chi connectivity index (χ1v) is 4.14. The fourth-order valence-corrected chi connectivity index (χ4v) is 0.964. The minimum Gasteiger partial charge on any atom is -0.490 e. The van der Waals surface area contributed by atoms with Crippen molar-refractivity contribution in [2.24, 2.45) is 0 Å². The van der Waals surface area contributed by atoms with Crippen LogP contribution < -0.4 is 9.47 Å². The lowest BCUT2D eigenvalue weighted by Gasteiger charge is -2.08. The van der Waals surface area contributed by atoms with Crippen LogP contribution in [0.5, 0.6) is 11.5 Å². The van der Waals surface area contributed by atoms with Crippen molar-refractivity contribution >= 4 is 5.97 Å². The molecule has 0 fully saturated rings. The predicted octanol–water partition coefficient (Wildman–Crippen LogP) is 2.01. The van der Waals surface area contributed by atoms with Gasteiger partial charge in [0, 0.05) is 6.92 Å². The normalized spacial score (nSPS) is 9.38. The predicted molar refractivity (Wildman–Crippen MR) is 48.9 cm³/mol. The number of carbonyl (C=O) groups is 1. The largest absolute Gasteiger partial charge is 0.490 e. The molecule has 0 spiro atoms. The van der Waals surface area contributed by atoms with E-state index >= 15 is 0 Å². The van der Waals surface area contributed by atoms with Gasteiger partial charge in [-0.2, -0.15) is 0 Å². The zero-order valence-corrected chi connectivity index (χ0v) is 7.74. The Morgan fingerprint density at radius 2 is 1.92 bits per heavy atom. The zero-order valence-electron chi connectivity index (χ0n) is 7.74. The molecule has 0 aliphatic heterocycles. The van der Waals surface area contributed by atoms with Crippen LogP contribution in [0.15, 0.2) is 24.3 Å². The summed E-state index contributed by atoms with van der Waals surface area (Å²) in [6, 6.07) is 7.09. The molecule has 0 amide bonds. The Morgan fingerprint density at radius 3 is 2.46 bits per heavy atom. The van der Waals surface area contributed by atoms with E-state index in [0.717, 1.165) is 0 Å². The summed E-state index contributed by atoms with van der Waals surface area (Å²) < 4.78 is 10.2. The van der Waals surface area contributed by atoms with E-state index in [0.29, 0.717) is 18.1 Å². The van der Waals surface area contributed by atoms with Crippen molar-refractivity contribution in [2.45, 2.75) is 13.8 Å². The number of esters is 1. The third-order valence-corrected chi connectivity index (χ3v) is 1.40. The Hall–Kier alpha value is -1.51. The van der Waals surface area contributed by atoms with Gasteiger partial charge in [0.05, 0.1) is 6.61 Å². The Balaban J connectivity index is 2.84. The molecule has 0 saturated carbocycles. The molecule has 0 aliphatic rings. The number of rotatable bonds is 3. The lowest BCUT2D eigenvalue weighted by Crippen LogP contribution is -2.03. The van der Waals surface area contributed by atoms with E-state index in [4.69, 9.17) is 9.47 Å². The van der Waals surface area contributed by atoms with Crippen LogP contribution >= 0.6 is 0 Å². The van der Waals surface area contributed by atoms with Gasteiger partial charge in [-0.15, -0.1) is 0 Å². The highest BCUT2D eigenvalue weighted by Crippen LogP contribution is 2.26. The third kappa shape index (κ3) is 2.78. The van der Waals surface area contributed by atoms with Crippen molar-refractivity contribution in [1.82, 2.24) is 0 Å². The van der Waals surface area contributed by atoms with Crippen molar-refractivity contribution in [3.05, 3.63) is 24.3 Å². The first-order chi connectivity index (χ1) is 6.24. The second-order valence-electron chi connectivity index (χ2n) is 2.47. The van der Waals surface area contributed by atoms with Crippen LogP contribution in [0, 0.1) is 0 Å². The first kappa shape index (κ1) is 9.58. The summed E-state index contributed by atoms with van der Waals surface area (Å²) in [7, 11) is 0. The molecular weight excluding hydrogens is 168 g/mol. The van der Waals surface area contributed by atoms with Crippen LogP contribution in [-0.4, -0.2) is 12.6 Å². The number of para-hydroxylation sites is 2. The van der Waals surface area contributed by atoms with Crippen LogP contribution in [0.4, 0.5) is 0 Å². The lowest BCUT2D eigenvalue weighted by molar-refractivity contribution is -0.132. The molecule has 0 N–H and O–H groups in total. The maximum absolute atomic E-state index is 10.7. The van der Waals surface area contributed by atoms with E-state index < -0.39 is 0 Å². The van der Waals surface area contributed by atoms with Gasteiger partial charge in [-0.1, -0.05) is 12.1 Å². The molecule has 0 bridgehead atoms. The summed E-state index contributed by atoms with van der Waals surface area (Å²) in [5.41, 5.74) is 0. The van der Waals surface area contributed by atoms with Gasteiger partial charge in [0.1, 0.15) is 0 Å². The average Bonchev–Trinajstić information content (AvgIpc) is 2.08. The maximum atomic E-state index is 10.7. The molecule has 0 atom stereocenters. The van der Waals surface area contributed by atoms with Crippen molar-refractivity contribution in [3.8, 4) is 11.5 Å². The smallest absolute Gasteiger partial charge is 0.308 e. The molecule has 0 saturated heterocycles. The van der Waals surface area contributed by atoms with Gasteiger partial charge in [0.25, 0.3) is 0 Å². The summed E-state index contributed by atoms with van der Waals surface area (Å²) >= 11 is 0. The van der Waals surface area contributed by atoms with E-state index in [1.165, 1.54) is 6.92 Å². The molecular formula is C10H12O3. The molecule has 0 radical (unpaired) electrons. The van der Waals surface area contributed by atoms with E-state index in [1.807, 2.05) is 13.0 Å². The minimum atomic E-state index is -0.341. The summed E-state index contributed by atoms with van der Waals surface area (Å²) in [5.74, 6) is 0.726. The molecule has 1 aromatic rings. The molecule has 0 aromatic heterocycles. The highest BCUT2D eigenvalue weighted by Gasteiger charge is 2.04. The molecule has 0 heterocycles. The van der Waals surface area contributed by atoms with Crippen LogP contribution in [0.2, 0.25) is 0 Å². The van der Waals surface area contributed by atoms with Gasteiger partial charge in [-0.3, -0.25) is 4.79 Å². The van der Waals surface area contributed by atoms with Crippen LogP contribution in [-0.2, 0) is 4.79 Å². The summed E-state index contributed by atoms with van der Waals surface area (Å²) in [6.45, 7) is 3.80. The SMILES string of the molecule is CCOc1ccccc1OC(C)=O. The Bertz CT molecular complexity index is 294. The van der Waals surface area contributed by atoms with Crippen LogP contribution in [0.3, 0.4) is 0 Å². The first-order valence-electron chi connectivity index (χ1n) is 4.14. The highest BCUT2D eigenvalue weighted by molar-refractivity contribution is 5.70. The third-order valence-electron chi connectivity index (χ3n) is 1.40. The van der Waals surface area contributed by atoms with E-state index in [-0.39, 0.29) is 5.97 Å². The monoisotopic (exact) mass is 180 g/mol. The Kier molecular flexibility index (Phi) is 3.31. The molecule has 70 valence electrons. The Labute approximate surface area is 77.3 Å². The van der Waals surface area contributed by atoms with E-state index in [2.05, 4.69) is 0 Å². The standard InChI is InChI=1S/C10H12O3/c1-3-12-9-6-4-5-7-10(9)13-8(2)11/h4-7H,3H2,1-2H3. The van der Waals surface area contributed by atoms with Gasteiger partial charge in [0.15, 0.2) is 11.5 Å². The van der Waals surface area contributed by atoms with Crippen molar-refractivity contribution in [3.63, 3.8) is 0 Å². The van der Waals surface area contributed by atoms with Crippen molar-refractivity contribution in [1.29, 1.82) is 0 Å². The van der Waals surface area contributed by atoms with E-state index in [9.17, 15) is 4.79 Å². The average molecular weight is 180 g/mol. The quantitative estimate of drug-likeness (QED) is 0.527. The molecule has 0 unspecified atom stereocenters. The topological polar surface area (TPSA) is 35.5 Å². The molecule has 3 heteroatoms. The summed E-state index contributed by atoms with van der Waals surface area (Å²) in [4.78, 5) is 10.7. The summed E-state index contributed by atoms with van der Waals surface area (Å²) in [5, 5.41) is 0. The number of hydrogen-bond acceptors (Lipinski definition) is 3. The fourth-order valence-electron chi connectivity index (χ4n) is 0.964. The highest BCUT2D eigenvalue weighted by atomic mass is 16.6. The molecule has 1 aromatic carbocycles. The van der Waals surface area contributed by atoms with Gasteiger partial charge in [0.2, 0.25) is 0 Å². The van der Waals surface area contributed by atoms with Crippen molar-refractivity contribution in [2.75, 3.05) is 6.61 Å². The van der Waals surface area contributed by atoms with Crippen molar-refractivity contribution < 1.29 is 14.3 Å².